The van der Waals surface area contributed by atoms with Crippen molar-refractivity contribution in [3.05, 3.63) is 82.3 Å². The summed E-state index contributed by atoms with van der Waals surface area (Å²) in [5, 5.41) is 0.595. The monoisotopic (exact) mass is 533 g/mol. The van der Waals surface area contributed by atoms with Crippen molar-refractivity contribution in [1.82, 2.24) is 24.8 Å². The highest BCUT2D eigenvalue weighted by atomic mass is 19.4. The number of piperazine rings is 1. The highest BCUT2D eigenvalue weighted by Crippen LogP contribution is 2.32. The number of alkyl halides is 3. The predicted molar refractivity (Wildman–Crippen MR) is 141 cm³/mol. The van der Waals surface area contributed by atoms with Crippen molar-refractivity contribution in [3.63, 3.8) is 0 Å². The Morgan fingerprint density at radius 1 is 0.949 bits per heavy atom. The van der Waals surface area contributed by atoms with E-state index in [1.54, 1.807) is 41.3 Å². The van der Waals surface area contributed by atoms with E-state index in [9.17, 15) is 22.8 Å². The molecule has 1 aliphatic heterocycles. The van der Waals surface area contributed by atoms with Crippen LogP contribution in [0.2, 0.25) is 0 Å². The summed E-state index contributed by atoms with van der Waals surface area (Å²) in [6, 6.07) is 14.6. The molecule has 6 rings (SSSR count). The van der Waals surface area contributed by atoms with Crippen LogP contribution in [-0.2, 0) is 6.18 Å². The van der Waals surface area contributed by atoms with Gasteiger partial charge in [-0.2, -0.15) is 13.2 Å². The van der Waals surface area contributed by atoms with Crippen molar-refractivity contribution in [1.29, 1.82) is 0 Å². The molecule has 4 N–H and O–H groups in total. The average molecular weight is 534 g/mol. The maximum Gasteiger partial charge on any atom is 0.417 e. The lowest BCUT2D eigenvalue weighted by Crippen LogP contribution is -2.49. The summed E-state index contributed by atoms with van der Waals surface area (Å²) >= 11 is 0. The molecule has 1 saturated heterocycles. The first-order valence-corrected chi connectivity index (χ1v) is 12.2. The molecule has 3 aromatic heterocycles. The molecule has 5 aromatic rings. The molecule has 0 radical (unpaired) electrons. The number of fused-ring (bicyclic) bond motifs is 2. The van der Waals surface area contributed by atoms with Gasteiger partial charge in [-0.1, -0.05) is 12.1 Å². The van der Waals surface area contributed by atoms with Gasteiger partial charge in [0.25, 0.3) is 11.5 Å². The van der Waals surface area contributed by atoms with Gasteiger partial charge in [-0.15, -0.1) is 0 Å². The van der Waals surface area contributed by atoms with E-state index < -0.39 is 11.7 Å². The third-order valence-corrected chi connectivity index (χ3v) is 6.89. The number of aromatic nitrogens is 4. The van der Waals surface area contributed by atoms with Crippen LogP contribution >= 0.6 is 0 Å². The molecule has 1 amide bonds. The summed E-state index contributed by atoms with van der Waals surface area (Å²) in [4.78, 5) is 43.9. The van der Waals surface area contributed by atoms with Crippen molar-refractivity contribution < 1.29 is 18.0 Å². The highest BCUT2D eigenvalue weighted by molar-refractivity contribution is 6.04. The molecular weight excluding hydrogens is 511 g/mol. The number of aromatic amines is 2. The van der Waals surface area contributed by atoms with E-state index >= 15 is 0 Å². The number of rotatable bonds is 3. The van der Waals surface area contributed by atoms with Crippen LogP contribution in [0.3, 0.4) is 0 Å². The molecule has 0 aliphatic carbocycles. The predicted octanol–water partition coefficient (Wildman–Crippen LogP) is 4.03. The number of hydrogen-bond acceptors (Lipinski definition) is 6. The van der Waals surface area contributed by atoms with Crippen LogP contribution in [0.15, 0.2) is 65.6 Å². The Kier molecular flexibility index (Phi) is 5.74. The number of H-pyrrole nitrogens is 2. The number of pyridine rings is 1. The van der Waals surface area contributed by atoms with Crippen LogP contribution < -0.4 is 16.2 Å². The maximum atomic E-state index is 13.3. The first-order chi connectivity index (χ1) is 18.7. The first kappa shape index (κ1) is 24.5. The minimum absolute atomic E-state index is 0.156. The third kappa shape index (κ3) is 4.43. The van der Waals surface area contributed by atoms with E-state index in [-0.39, 0.29) is 17.2 Å². The molecule has 12 heteroatoms. The number of carbonyl (C=O) groups is 1. The molecule has 198 valence electrons. The molecule has 1 aliphatic rings. The Bertz CT molecular complexity index is 1770. The first-order valence-electron chi connectivity index (χ1n) is 12.2. The number of halogens is 3. The zero-order valence-corrected chi connectivity index (χ0v) is 20.4. The third-order valence-electron chi connectivity index (χ3n) is 6.89. The van der Waals surface area contributed by atoms with Crippen LogP contribution in [0, 0.1) is 0 Å². The van der Waals surface area contributed by atoms with Gasteiger partial charge in [0.1, 0.15) is 5.82 Å². The molecule has 0 saturated carbocycles. The fourth-order valence-corrected chi connectivity index (χ4v) is 4.79. The summed E-state index contributed by atoms with van der Waals surface area (Å²) in [6.07, 6.45) is -3.62. The Morgan fingerprint density at radius 2 is 1.72 bits per heavy atom. The molecule has 1 fully saturated rings. The van der Waals surface area contributed by atoms with E-state index in [1.807, 2.05) is 11.0 Å². The number of anilines is 2. The fourth-order valence-electron chi connectivity index (χ4n) is 4.79. The number of carbonyl (C=O) groups excluding carboxylic acids is 1. The summed E-state index contributed by atoms with van der Waals surface area (Å²) in [5.41, 5.74) is 8.39. The van der Waals surface area contributed by atoms with E-state index in [4.69, 9.17) is 5.73 Å². The highest BCUT2D eigenvalue weighted by Gasteiger charge is 2.31. The van der Waals surface area contributed by atoms with E-state index in [0.717, 1.165) is 12.3 Å². The van der Waals surface area contributed by atoms with Gasteiger partial charge in [0.05, 0.1) is 28.0 Å². The Morgan fingerprint density at radius 3 is 2.44 bits per heavy atom. The van der Waals surface area contributed by atoms with Crippen molar-refractivity contribution >= 4 is 39.3 Å². The molecule has 39 heavy (non-hydrogen) atoms. The quantitative estimate of drug-likeness (QED) is 0.322. The van der Waals surface area contributed by atoms with Gasteiger partial charge in [0.2, 0.25) is 0 Å². The van der Waals surface area contributed by atoms with Gasteiger partial charge in [-0.25, -0.2) is 9.97 Å². The maximum absolute atomic E-state index is 13.3. The van der Waals surface area contributed by atoms with Gasteiger partial charge in [0.15, 0.2) is 5.69 Å². The largest absolute Gasteiger partial charge is 0.417 e. The molecule has 0 atom stereocenters. The minimum Gasteiger partial charge on any atom is -0.396 e. The Balaban J connectivity index is 1.21. The smallest absolute Gasteiger partial charge is 0.396 e. The number of para-hydroxylation sites is 2. The van der Waals surface area contributed by atoms with Crippen LogP contribution in [0.4, 0.5) is 24.7 Å². The number of hydrogen-bond donors (Lipinski definition) is 3. The van der Waals surface area contributed by atoms with Gasteiger partial charge in [-0.3, -0.25) is 9.59 Å². The van der Waals surface area contributed by atoms with Gasteiger partial charge in [-0.05, 0) is 42.5 Å². The molecule has 2 aromatic carbocycles. The molecular formula is C27H22F3N7O2. The topological polar surface area (TPSA) is 124 Å². The van der Waals surface area contributed by atoms with E-state index in [1.165, 1.54) is 6.07 Å². The van der Waals surface area contributed by atoms with E-state index in [2.05, 4.69) is 19.9 Å². The number of amides is 1. The number of nitrogens with two attached hydrogens (primary N) is 1. The van der Waals surface area contributed by atoms with E-state index in [0.29, 0.717) is 70.9 Å². The molecule has 0 unspecified atom stereocenters. The molecule has 9 nitrogen and oxygen atoms in total. The van der Waals surface area contributed by atoms with Crippen LogP contribution in [0.25, 0.3) is 33.3 Å². The number of nitrogen functional groups attached to an aromatic ring is 1. The van der Waals surface area contributed by atoms with Crippen molar-refractivity contribution in [2.45, 2.75) is 6.18 Å². The zero-order chi connectivity index (χ0) is 27.3. The second-order valence-electron chi connectivity index (χ2n) is 9.29. The molecule has 4 heterocycles. The SMILES string of the molecule is Nc1c(-c2nc3ccccc3[nH]c2=O)[nH]c2ccc(C(=O)N3CCN(c4ccc(C(F)(F)F)cn4)CC3)cc12. The van der Waals surface area contributed by atoms with Crippen molar-refractivity contribution in [2.24, 2.45) is 0 Å². The van der Waals surface area contributed by atoms with Crippen LogP contribution in [0.1, 0.15) is 15.9 Å². The normalized spacial score (nSPS) is 14.3. The van der Waals surface area contributed by atoms with Gasteiger partial charge >= 0.3 is 6.18 Å². The standard InChI is InChI=1S/C27H22F3N7O2/c28-27(29,30)16-6-8-21(32-14-16)36-9-11-37(12-10-36)26(39)15-5-7-18-17(13-15)22(31)23(33-18)24-25(38)35-20-4-2-1-3-19(20)34-24/h1-8,13-14,33H,9-12,31H2,(H,35,38). The van der Waals surface area contributed by atoms with Crippen LogP contribution in [0.5, 0.6) is 0 Å². The Hall–Kier alpha value is -4.87. The average Bonchev–Trinajstić information content (AvgIpc) is 3.27. The summed E-state index contributed by atoms with van der Waals surface area (Å²) in [7, 11) is 0. The lowest BCUT2D eigenvalue weighted by molar-refractivity contribution is -0.137. The zero-order valence-electron chi connectivity index (χ0n) is 20.4. The summed E-state index contributed by atoms with van der Waals surface area (Å²) < 4.78 is 38.5. The lowest BCUT2D eigenvalue weighted by atomic mass is 10.1. The summed E-state index contributed by atoms with van der Waals surface area (Å²) in [6.45, 7) is 1.62. The molecule has 0 bridgehead atoms. The minimum atomic E-state index is -4.44. The fraction of sp³-hybridized carbons (Fsp3) is 0.185. The summed E-state index contributed by atoms with van der Waals surface area (Å²) in [5.74, 6) is 0.238. The number of benzene rings is 2. The van der Waals surface area contributed by atoms with Gasteiger partial charge < -0.3 is 25.5 Å². The van der Waals surface area contributed by atoms with Crippen LogP contribution in [-0.4, -0.2) is 56.9 Å². The van der Waals surface area contributed by atoms with Gasteiger partial charge in [0, 0.05) is 48.8 Å². The second-order valence-corrected chi connectivity index (χ2v) is 9.29. The second kappa shape index (κ2) is 9.15. The lowest BCUT2D eigenvalue weighted by Gasteiger charge is -2.35. The van der Waals surface area contributed by atoms with Crippen molar-refractivity contribution in [2.75, 3.05) is 36.8 Å². The molecule has 0 spiro atoms. The van der Waals surface area contributed by atoms with Crippen molar-refractivity contribution in [3.8, 4) is 11.4 Å². The number of nitrogens with one attached hydrogen (secondary N) is 2. The Labute approximate surface area is 219 Å². The number of nitrogens with zero attached hydrogens (tertiary/aromatic N) is 4.